The Hall–Kier alpha value is -1.68. The number of aliphatic hydroxyl groups excluding tert-OH is 1. The number of hydrogen-bond donors (Lipinski definition) is 4. The molecule has 0 unspecified atom stereocenters. The first kappa shape index (κ1) is 11.8. The van der Waals surface area contributed by atoms with Gasteiger partial charge in [0.05, 0.1) is 19.5 Å². The molecule has 0 bridgehead atoms. The van der Waals surface area contributed by atoms with Crippen molar-refractivity contribution in [2.75, 3.05) is 24.9 Å². The Morgan fingerprint density at radius 1 is 1.59 bits per heavy atom. The van der Waals surface area contributed by atoms with Crippen LogP contribution in [-0.2, 0) is 11.5 Å². The zero-order valence-corrected chi connectivity index (χ0v) is 9.20. The predicted molar refractivity (Wildman–Crippen MR) is 60.7 cm³/mol. The number of amidine groups is 1. The number of aliphatic hydroxyl groups is 1. The lowest BCUT2D eigenvalue weighted by Gasteiger charge is -2.23. The van der Waals surface area contributed by atoms with Crippen molar-refractivity contribution in [2.45, 2.75) is 6.73 Å². The molecule has 9 heteroatoms. The molecule has 0 saturated heterocycles. The highest BCUT2D eigenvalue weighted by molar-refractivity contribution is 6.02. The summed E-state index contributed by atoms with van der Waals surface area (Å²) in [5.74, 6) is 12.3. The van der Waals surface area contributed by atoms with E-state index in [2.05, 4.69) is 15.4 Å². The maximum Gasteiger partial charge on any atom is 0.167 e. The Labute approximate surface area is 97.6 Å². The van der Waals surface area contributed by atoms with E-state index in [-0.39, 0.29) is 26.6 Å². The highest BCUT2D eigenvalue weighted by atomic mass is 16.5. The van der Waals surface area contributed by atoms with Crippen molar-refractivity contribution in [3.63, 3.8) is 0 Å². The van der Waals surface area contributed by atoms with Gasteiger partial charge in [0.2, 0.25) is 0 Å². The number of aromatic nitrogens is 2. The molecule has 0 amide bonds. The summed E-state index contributed by atoms with van der Waals surface area (Å²) < 4.78 is 6.93. The van der Waals surface area contributed by atoms with Crippen LogP contribution in [-0.4, -0.2) is 40.4 Å². The maximum atomic E-state index is 8.63. The van der Waals surface area contributed by atoms with Gasteiger partial charge in [-0.05, 0) is 0 Å². The minimum absolute atomic E-state index is 0.0275. The fourth-order valence-electron chi connectivity index (χ4n) is 1.57. The molecule has 0 radical (unpaired) electrons. The molecule has 1 aromatic heterocycles. The molecule has 17 heavy (non-hydrogen) atoms. The lowest BCUT2D eigenvalue weighted by Crippen LogP contribution is -2.42. The predicted octanol–water partition coefficient (Wildman–Crippen LogP) is -2.29. The fraction of sp³-hybridized carbons (Fsp3) is 0.500. The van der Waals surface area contributed by atoms with Gasteiger partial charge in [-0.15, -0.1) is 0 Å². The minimum atomic E-state index is -0.0275. The number of hydrogen-bond acceptors (Lipinski definition) is 8. The molecule has 2 heterocycles. The van der Waals surface area contributed by atoms with Crippen molar-refractivity contribution < 1.29 is 9.84 Å². The van der Waals surface area contributed by atoms with Crippen LogP contribution in [0, 0.1) is 0 Å². The molecule has 0 aromatic carbocycles. The van der Waals surface area contributed by atoms with E-state index >= 15 is 0 Å². The number of nitrogens with zero attached hydrogens (tertiary/aromatic N) is 4. The first-order valence-corrected chi connectivity index (χ1v) is 5.05. The lowest BCUT2D eigenvalue weighted by molar-refractivity contribution is 0.0487. The third-order valence-electron chi connectivity index (χ3n) is 2.29. The summed E-state index contributed by atoms with van der Waals surface area (Å²) in [7, 11) is 0. The minimum Gasteiger partial charge on any atom is -0.394 e. The van der Waals surface area contributed by atoms with Gasteiger partial charge in [0.25, 0.3) is 0 Å². The van der Waals surface area contributed by atoms with Crippen molar-refractivity contribution in [1.29, 1.82) is 0 Å². The zero-order valence-electron chi connectivity index (χ0n) is 9.20. The first-order chi connectivity index (χ1) is 8.27. The Morgan fingerprint density at radius 3 is 3.12 bits per heavy atom. The standard InChI is InChI=1S/C8H15N7O2/c9-13-7-6-8(15(10)4-12-7)14(3-11-6)5-17-2-1-16/h3,16H,1-2,4-5,9-10H2,(H,12,13). The Bertz CT molecular complexity index is 416. The van der Waals surface area contributed by atoms with Crippen LogP contribution in [0.4, 0.5) is 5.82 Å². The second-order valence-electron chi connectivity index (χ2n) is 3.41. The van der Waals surface area contributed by atoms with Crippen molar-refractivity contribution in [3.8, 4) is 0 Å². The van der Waals surface area contributed by atoms with E-state index in [0.29, 0.717) is 17.3 Å². The van der Waals surface area contributed by atoms with Gasteiger partial charge in [-0.25, -0.2) is 21.7 Å². The normalized spacial score (nSPS) is 14.5. The second kappa shape index (κ2) is 5.10. The molecule has 0 atom stereocenters. The largest absolute Gasteiger partial charge is 0.394 e. The van der Waals surface area contributed by atoms with Crippen LogP contribution in [0.15, 0.2) is 11.3 Å². The van der Waals surface area contributed by atoms with E-state index in [1.165, 1.54) is 5.01 Å². The third-order valence-corrected chi connectivity index (χ3v) is 2.29. The summed E-state index contributed by atoms with van der Waals surface area (Å²) in [6, 6.07) is 0. The van der Waals surface area contributed by atoms with Gasteiger partial charge < -0.3 is 15.3 Å². The Balaban J connectivity index is 2.20. The number of ether oxygens (including phenoxy) is 1. The van der Waals surface area contributed by atoms with Crippen molar-refractivity contribution in [3.05, 3.63) is 12.0 Å². The average Bonchev–Trinajstić information content (AvgIpc) is 2.75. The summed E-state index contributed by atoms with van der Waals surface area (Å²) in [4.78, 5) is 8.27. The Kier molecular flexibility index (Phi) is 3.54. The smallest absolute Gasteiger partial charge is 0.167 e. The molecule has 0 spiro atoms. The number of anilines is 1. The van der Waals surface area contributed by atoms with E-state index in [1.54, 1.807) is 10.9 Å². The fourth-order valence-corrected chi connectivity index (χ4v) is 1.57. The molecule has 1 aliphatic heterocycles. The summed E-state index contributed by atoms with van der Waals surface area (Å²) in [5.41, 5.74) is 3.05. The Morgan fingerprint density at radius 2 is 2.41 bits per heavy atom. The van der Waals surface area contributed by atoms with E-state index in [9.17, 15) is 0 Å². The zero-order chi connectivity index (χ0) is 12.3. The van der Waals surface area contributed by atoms with Gasteiger partial charge in [0.15, 0.2) is 17.3 Å². The van der Waals surface area contributed by atoms with Gasteiger partial charge in [0.1, 0.15) is 13.4 Å². The molecule has 0 saturated carbocycles. The van der Waals surface area contributed by atoms with Crippen LogP contribution < -0.4 is 22.1 Å². The molecular weight excluding hydrogens is 226 g/mol. The monoisotopic (exact) mass is 241 g/mol. The molecule has 6 N–H and O–H groups in total. The number of hydrazine groups is 2. The molecule has 9 nitrogen and oxygen atoms in total. The van der Waals surface area contributed by atoms with E-state index < -0.39 is 0 Å². The van der Waals surface area contributed by atoms with E-state index in [4.69, 9.17) is 21.5 Å². The molecule has 1 aromatic rings. The van der Waals surface area contributed by atoms with Crippen molar-refractivity contribution >= 4 is 11.7 Å². The second-order valence-corrected chi connectivity index (χ2v) is 3.41. The van der Waals surface area contributed by atoms with Gasteiger partial charge in [-0.2, -0.15) is 0 Å². The topological polar surface area (TPSA) is 127 Å². The quantitative estimate of drug-likeness (QED) is 0.265. The van der Waals surface area contributed by atoms with Crippen molar-refractivity contribution in [2.24, 2.45) is 16.7 Å². The highest BCUT2D eigenvalue weighted by Gasteiger charge is 2.23. The number of fused-ring (bicyclic) bond motifs is 1. The number of nitrogens with two attached hydrogens (primary N) is 2. The molecule has 0 aliphatic carbocycles. The average molecular weight is 241 g/mol. The highest BCUT2D eigenvalue weighted by Crippen LogP contribution is 2.21. The number of aliphatic imine (C=N–C) groups is 1. The van der Waals surface area contributed by atoms with Crippen LogP contribution in [0.5, 0.6) is 0 Å². The molecule has 2 rings (SSSR count). The summed E-state index contributed by atoms with van der Waals surface area (Å²) in [6.45, 7) is 0.778. The maximum absolute atomic E-state index is 8.63. The van der Waals surface area contributed by atoms with Crippen LogP contribution in [0.3, 0.4) is 0 Å². The van der Waals surface area contributed by atoms with Crippen LogP contribution in [0.1, 0.15) is 5.69 Å². The van der Waals surface area contributed by atoms with Gasteiger partial charge in [-0.3, -0.25) is 9.58 Å². The number of rotatable bonds is 4. The number of nitrogens with one attached hydrogen (secondary N) is 1. The molecule has 0 fully saturated rings. The lowest BCUT2D eigenvalue weighted by atomic mass is 10.3. The summed E-state index contributed by atoms with van der Waals surface area (Å²) in [6.07, 6.45) is 1.58. The van der Waals surface area contributed by atoms with E-state index in [1.807, 2.05) is 0 Å². The van der Waals surface area contributed by atoms with Crippen LogP contribution in [0.2, 0.25) is 0 Å². The third kappa shape index (κ3) is 2.22. The first-order valence-electron chi connectivity index (χ1n) is 5.05. The van der Waals surface area contributed by atoms with Crippen LogP contribution in [0.25, 0.3) is 0 Å². The number of imidazole rings is 1. The van der Waals surface area contributed by atoms with Gasteiger partial charge in [-0.1, -0.05) is 0 Å². The van der Waals surface area contributed by atoms with E-state index in [0.717, 1.165) is 0 Å². The van der Waals surface area contributed by atoms with Gasteiger partial charge >= 0.3 is 0 Å². The molecule has 94 valence electrons. The van der Waals surface area contributed by atoms with Crippen molar-refractivity contribution in [1.82, 2.24) is 15.0 Å². The summed E-state index contributed by atoms with van der Waals surface area (Å²) >= 11 is 0. The van der Waals surface area contributed by atoms with Gasteiger partial charge in [0, 0.05) is 0 Å². The summed E-state index contributed by atoms with van der Waals surface area (Å²) in [5, 5.41) is 10.1. The van der Waals surface area contributed by atoms with Crippen LogP contribution >= 0.6 is 0 Å². The molecule has 1 aliphatic rings. The SMILES string of the molecule is NNC1=NCN(N)c2c1ncn2COCCO. The molecular formula is C8H15N7O2.